The van der Waals surface area contributed by atoms with E-state index in [2.05, 4.69) is 10.6 Å². The molecule has 0 aliphatic carbocycles. The van der Waals surface area contributed by atoms with Gasteiger partial charge < -0.3 is 15.4 Å². The first-order valence-electron chi connectivity index (χ1n) is 9.21. The van der Waals surface area contributed by atoms with Crippen LogP contribution in [-0.2, 0) is 11.2 Å². The van der Waals surface area contributed by atoms with Gasteiger partial charge in [-0.15, -0.1) is 0 Å². The molecule has 0 aliphatic heterocycles. The lowest BCUT2D eigenvalue weighted by molar-refractivity contribution is -0.123. The van der Waals surface area contributed by atoms with Gasteiger partial charge in [0.05, 0.1) is 5.56 Å². The fourth-order valence-corrected chi connectivity index (χ4v) is 2.82. The Kier molecular flexibility index (Phi) is 7.25. The fourth-order valence-electron chi connectivity index (χ4n) is 2.69. The molecule has 0 fully saturated rings. The van der Waals surface area contributed by atoms with Crippen LogP contribution < -0.4 is 15.4 Å². The molecule has 2 amide bonds. The number of carbonyl (C=O) groups excluding carboxylic acids is 2. The molecule has 0 unspecified atom stereocenters. The highest BCUT2D eigenvalue weighted by Crippen LogP contribution is 2.19. The van der Waals surface area contributed by atoms with Gasteiger partial charge in [0.15, 0.2) is 6.61 Å². The lowest BCUT2D eigenvalue weighted by Gasteiger charge is -2.12. The number of anilines is 1. The SMILES string of the molecule is O=C(COc1ccccc1C(=O)Nc1ccccc1)NCCc1ccc(Cl)cc1. The quantitative estimate of drug-likeness (QED) is 0.583. The second-order valence-corrected chi connectivity index (χ2v) is 6.77. The number of halogens is 1. The van der Waals surface area contributed by atoms with Crippen molar-refractivity contribution < 1.29 is 14.3 Å². The highest BCUT2D eigenvalue weighted by Gasteiger charge is 2.13. The zero-order valence-electron chi connectivity index (χ0n) is 15.7. The topological polar surface area (TPSA) is 67.4 Å². The number of nitrogens with one attached hydrogen (secondary N) is 2. The number of hydrogen-bond donors (Lipinski definition) is 2. The summed E-state index contributed by atoms with van der Waals surface area (Å²) in [5, 5.41) is 6.30. The summed E-state index contributed by atoms with van der Waals surface area (Å²) in [5.41, 5.74) is 2.14. The molecule has 6 heteroatoms. The van der Waals surface area contributed by atoms with Crippen molar-refractivity contribution >= 4 is 29.1 Å². The van der Waals surface area contributed by atoms with Crippen LogP contribution in [0, 0.1) is 0 Å². The van der Waals surface area contributed by atoms with E-state index in [0.717, 1.165) is 5.56 Å². The number of amides is 2. The Labute approximate surface area is 174 Å². The molecule has 3 rings (SSSR count). The summed E-state index contributed by atoms with van der Waals surface area (Å²) in [4.78, 5) is 24.6. The average Bonchev–Trinajstić information content (AvgIpc) is 2.74. The van der Waals surface area contributed by atoms with Crippen LogP contribution in [0.2, 0.25) is 5.02 Å². The first kappa shape index (κ1) is 20.4. The maximum Gasteiger partial charge on any atom is 0.259 e. The largest absolute Gasteiger partial charge is 0.483 e. The van der Waals surface area contributed by atoms with Crippen molar-refractivity contribution in [2.24, 2.45) is 0 Å². The molecule has 29 heavy (non-hydrogen) atoms. The van der Waals surface area contributed by atoms with Crippen molar-refractivity contribution in [2.45, 2.75) is 6.42 Å². The first-order valence-corrected chi connectivity index (χ1v) is 9.59. The summed E-state index contributed by atoms with van der Waals surface area (Å²) in [6.45, 7) is 0.316. The van der Waals surface area contributed by atoms with Gasteiger partial charge in [0.2, 0.25) is 0 Å². The molecule has 0 heterocycles. The number of rotatable bonds is 8. The van der Waals surface area contributed by atoms with E-state index in [9.17, 15) is 9.59 Å². The lowest BCUT2D eigenvalue weighted by atomic mass is 10.1. The number of para-hydroxylation sites is 2. The standard InChI is InChI=1S/C23H21ClN2O3/c24-18-12-10-17(11-13-18)14-15-25-22(27)16-29-21-9-5-4-8-20(21)23(28)26-19-6-2-1-3-7-19/h1-13H,14-16H2,(H,25,27)(H,26,28). The van der Waals surface area contributed by atoms with Crippen LogP contribution in [0.25, 0.3) is 0 Å². The zero-order valence-corrected chi connectivity index (χ0v) is 16.5. The number of ether oxygens (including phenoxy) is 1. The molecule has 2 N–H and O–H groups in total. The molecule has 5 nitrogen and oxygen atoms in total. The van der Waals surface area contributed by atoms with Crippen molar-refractivity contribution in [2.75, 3.05) is 18.5 Å². The van der Waals surface area contributed by atoms with Gasteiger partial charge >= 0.3 is 0 Å². The fraction of sp³-hybridized carbons (Fsp3) is 0.130. The minimum Gasteiger partial charge on any atom is -0.483 e. The Morgan fingerprint density at radius 2 is 1.55 bits per heavy atom. The van der Waals surface area contributed by atoms with Crippen molar-refractivity contribution in [1.29, 1.82) is 0 Å². The molecule has 0 radical (unpaired) electrons. The third kappa shape index (κ3) is 6.36. The van der Waals surface area contributed by atoms with Crippen LogP contribution in [0.15, 0.2) is 78.9 Å². The predicted molar refractivity (Wildman–Crippen MR) is 114 cm³/mol. The van der Waals surface area contributed by atoms with E-state index in [0.29, 0.717) is 35.0 Å². The van der Waals surface area contributed by atoms with Gasteiger partial charge in [-0.3, -0.25) is 9.59 Å². The van der Waals surface area contributed by atoms with Gasteiger partial charge in [0, 0.05) is 17.3 Å². The maximum absolute atomic E-state index is 12.5. The first-order chi connectivity index (χ1) is 14.1. The van der Waals surface area contributed by atoms with Crippen molar-refractivity contribution in [3.8, 4) is 5.75 Å². The molecular weight excluding hydrogens is 388 g/mol. The van der Waals surface area contributed by atoms with E-state index in [1.807, 2.05) is 42.5 Å². The minimum atomic E-state index is -0.296. The monoisotopic (exact) mass is 408 g/mol. The molecule has 0 atom stereocenters. The van der Waals surface area contributed by atoms with Crippen LogP contribution in [0.4, 0.5) is 5.69 Å². The summed E-state index contributed by atoms with van der Waals surface area (Å²) < 4.78 is 5.59. The second-order valence-electron chi connectivity index (χ2n) is 6.33. The van der Waals surface area contributed by atoms with Crippen LogP contribution in [0.3, 0.4) is 0 Å². The molecule has 0 saturated heterocycles. The summed E-state index contributed by atoms with van der Waals surface area (Å²) in [6, 6.07) is 23.5. The summed E-state index contributed by atoms with van der Waals surface area (Å²) in [5.74, 6) is -0.194. The van der Waals surface area contributed by atoms with E-state index in [1.165, 1.54) is 0 Å². The summed E-state index contributed by atoms with van der Waals surface area (Å²) >= 11 is 5.86. The highest BCUT2D eigenvalue weighted by atomic mass is 35.5. The van der Waals surface area contributed by atoms with E-state index in [-0.39, 0.29) is 18.4 Å². The van der Waals surface area contributed by atoms with Gasteiger partial charge in [0.25, 0.3) is 11.8 Å². The van der Waals surface area contributed by atoms with Crippen molar-refractivity contribution in [1.82, 2.24) is 5.32 Å². The van der Waals surface area contributed by atoms with Crippen LogP contribution in [0.1, 0.15) is 15.9 Å². The predicted octanol–water partition coefficient (Wildman–Crippen LogP) is 4.33. The van der Waals surface area contributed by atoms with Crippen LogP contribution >= 0.6 is 11.6 Å². The van der Waals surface area contributed by atoms with Gasteiger partial charge in [-0.1, -0.05) is 54.1 Å². The number of carbonyl (C=O) groups is 2. The Balaban J connectivity index is 1.50. The molecule has 148 valence electrons. The maximum atomic E-state index is 12.5. The van der Waals surface area contributed by atoms with E-state index < -0.39 is 0 Å². The smallest absolute Gasteiger partial charge is 0.259 e. The van der Waals surface area contributed by atoms with Gasteiger partial charge in [-0.25, -0.2) is 0 Å². The summed E-state index contributed by atoms with van der Waals surface area (Å²) in [7, 11) is 0. The Morgan fingerprint density at radius 3 is 2.31 bits per heavy atom. The molecule has 3 aromatic rings. The Bertz CT molecular complexity index is 959. The molecular formula is C23H21ClN2O3. The van der Waals surface area contributed by atoms with Crippen molar-refractivity contribution in [3.63, 3.8) is 0 Å². The third-order valence-electron chi connectivity index (χ3n) is 4.17. The van der Waals surface area contributed by atoms with Gasteiger partial charge in [-0.2, -0.15) is 0 Å². The molecule has 0 bridgehead atoms. The zero-order chi connectivity index (χ0) is 20.5. The van der Waals surface area contributed by atoms with Crippen molar-refractivity contribution in [3.05, 3.63) is 95.0 Å². The lowest BCUT2D eigenvalue weighted by Crippen LogP contribution is -2.30. The second kappa shape index (κ2) is 10.3. The van der Waals surface area contributed by atoms with E-state index in [1.54, 1.807) is 36.4 Å². The normalized spacial score (nSPS) is 10.2. The van der Waals surface area contributed by atoms with Gasteiger partial charge in [0.1, 0.15) is 5.75 Å². The average molecular weight is 409 g/mol. The molecule has 0 aliphatic rings. The van der Waals surface area contributed by atoms with Gasteiger partial charge in [-0.05, 0) is 48.4 Å². The Hall–Kier alpha value is -3.31. The van der Waals surface area contributed by atoms with Crippen LogP contribution in [-0.4, -0.2) is 25.0 Å². The molecule has 0 aromatic heterocycles. The number of hydrogen-bond acceptors (Lipinski definition) is 3. The van der Waals surface area contributed by atoms with Crippen LogP contribution in [0.5, 0.6) is 5.75 Å². The molecule has 0 saturated carbocycles. The minimum absolute atomic E-state index is 0.170. The van der Waals surface area contributed by atoms with E-state index >= 15 is 0 Å². The number of benzene rings is 3. The molecule has 0 spiro atoms. The van der Waals surface area contributed by atoms with E-state index in [4.69, 9.17) is 16.3 Å². The molecule has 3 aromatic carbocycles. The third-order valence-corrected chi connectivity index (χ3v) is 4.42. The highest BCUT2D eigenvalue weighted by molar-refractivity contribution is 6.30. The Morgan fingerprint density at radius 1 is 0.862 bits per heavy atom. The summed E-state index contributed by atoms with van der Waals surface area (Å²) in [6.07, 6.45) is 0.693.